The molecule has 8 nitrogen and oxygen atoms in total. The molecule has 1 saturated carbocycles. The van der Waals surface area contributed by atoms with Crippen LogP contribution in [0.2, 0.25) is 0 Å². The van der Waals surface area contributed by atoms with E-state index in [1.807, 2.05) is 4.90 Å². The molecule has 1 unspecified atom stereocenters. The molecule has 2 fully saturated rings. The van der Waals surface area contributed by atoms with E-state index in [4.69, 9.17) is 5.11 Å². The largest absolute Gasteiger partial charge is 0.481 e. The fourth-order valence-electron chi connectivity index (χ4n) is 3.62. The van der Waals surface area contributed by atoms with E-state index in [2.05, 4.69) is 15.5 Å². The van der Waals surface area contributed by atoms with Crippen molar-refractivity contribution in [3.05, 3.63) is 36.2 Å². The zero-order valence-electron chi connectivity index (χ0n) is 13.0. The van der Waals surface area contributed by atoms with Gasteiger partial charge >= 0.3 is 5.97 Å². The number of carbonyl (C=O) groups excluding carboxylic acids is 1. The monoisotopic (exact) mass is 327 g/mol. The number of aliphatic carboxylic acids is 1. The van der Waals surface area contributed by atoms with Gasteiger partial charge in [-0.2, -0.15) is 0 Å². The van der Waals surface area contributed by atoms with Gasteiger partial charge in [0.1, 0.15) is 6.33 Å². The molecule has 1 amide bonds. The second-order valence-corrected chi connectivity index (χ2v) is 6.55. The SMILES string of the molecule is O=C(O)C1CC12CCN(C(=O)c1ccc(-n3cnnn3)cc1)CC2. The van der Waals surface area contributed by atoms with Crippen molar-refractivity contribution in [2.45, 2.75) is 19.3 Å². The lowest BCUT2D eigenvalue weighted by molar-refractivity contribution is -0.139. The van der Waals surface area contributed by atoms with E-state index in [0.29, 0.717) is 18.7 Å². The summed E-state index contributed by atoms with van der Waals surface area (Å²) in [6, 6.07) is 7.13. The van der Waals surface area contributed by atoms with Crippen LogP contribution in [0.25, 0.3) is 5.69 Å². The highest BCUT2D eigenvalue weighted by Gasteiger charge is 2.59. The number of nitrogens with zero attached hydrogens (tertiary/aromatic N) is 5. The van der Waals surface area contributed by atoms with Gasteiger partial charge in [0.25, 0.3) is 5.91 Å². The summed E-state index contributed by atoms with van der Waals surface area (Å²) in [6.45, 7) is 1.24. The Hall–Kier alpha value is -2.77. The van der Waals surface area contributed by atoms with Gasteiger partial charge in [-0.05, 0) is 59.4 Å². The third-order valence-electron chi connectivity index (χ3n) is 5.26. The Bertz CT molecular complexity index is 764. The molecule has 1 spiro atoms. The Morgan fingerprint density at radius 3 is 2.42 bits per heavy atom. The maximum absolute atomic E-state index is 12.6. The lowest BCUT2D eigenvalue weighted by atomic mass is 9.90. The number of tetrazole rings is 1. The summed E-state index contributed by atoms with van der Waals surface area (Å²) in [5.74, 6) is -0.932. The van der Waals surface area contributed by atoms with Crippen LogP contribution in [0.5, 0.6) is 0 Å². The molecule has 8 heteroatoms. The maximum Gasteiger partial charge on any atom is 0.307 e. The highest BCUT2D eigenvalue weighted by Crippen LogP contribution is 2.59. The Morgan fingerprint density at radius 2 is 1.88 bits per heavy atom. The zero-order chi connectivity index (χ0) is 16.7. The molecule has 1 atom stereocenters. The molecular formula is C16H17N5O3. The highest BCUT2D eigenvalue weighted by molar-refractivity contribution is 5.94. The second-order valence-electron chi connectivity index (χ2n) is 6.55. The molecular weight excluding hydrogens is 310 g/mol. The van der Waals surface area contributed by atoms with E-state index >= 15 is 0 Å². The zero-order valence-corrected chi connectivity index (χ0v) is 13.0. The lowest BCUT2D eigenvalue weighted by Gasteiger charge is -2.32. The molecule has 124 valence electrons. The van der Waals surface area contributed by atoms with Crippen LogP contribution in [0.15, 0.2) is 30.6 Å². The second kappa shape index (κ2) is 5.40. The summed E-state index contributed by atoms with van der Waals surface area (Å²) in [5, 5.41) is 20.1. The predicted octanol–water partition coefficient (Wildman–Crippen LogP) is 0.989. The normalized spacial score (nSPS) is 21.7. The van der Waals surface area contributed by atoms with Crippen LogP contribution >= 0.6 is 0 Å². The molecule has 1 aromatic heterocycles. The first-order valence-corrected chi connectivity index (χ1v) is 7.95. The summed E-state index contributed by atoms with van der Waals surface area (Å²) < 4.78 is 1.53. The first kappa shape index (κ1) is 14.8. The number of likely N-dealkylation sites (tertiary alicyclic amines) is 1. The topological polar surface area (TPSA) is 101 Å². The molecule has 2 aromatic rings. The molecule has 1 aliphatic carbocycles. The van der Waals surface area contributed by atoms with Crippen LogP contribution in [-0.2, 0) is 4.79 Å². The standard InChI is InChI=1S/C16H17N5O3/c22-14(11-1-3-12(4-2-11)21-10-17-18-19-21)20-7-5-16(6-8-20)9-13(16)15(23)24/h1-4,10,13H,5-9H2,(H,23,24). The van der Waals surface area contributed by atoms with E-state index in [1.54, 1.807) is 24.3 Å². The van der Waals surface area contributed by atoms with E-state index in [0.717, 1.165) is 24.9 Å². The predicted molar refractivity (Wildman–Crippen MR) is 82.5 cm³/mol. The van der Waals surface area contributed by atoms with Crippen LogP contribution in [0, 0.1) is 11.3 Å². The summed E-state index contributed by atoms with van der Waals surface area (Å²) in [5.41, 5.74) is 1.34. The number of carboxylic acid groups (broad SMARTS) is 1. The molecule has 1 aromatic carbocycles. The summed E-state index contributed by atoms with van der Waals surface area (Å²) in [7, 11) is 0. The third kappa shape index (κ3) is 2.44. The van der Waals surface area contributed by atoms with Gasteiger partial charge in [0.2, 0.25) is 0 Å². The number of hydrogen-bond donors (Lipinski definition) is 1. The van der Waals surface area contributed by atoms with Gasteiger partial charge in [-0.1, -0.05) is 0 Å². The minimum absolute atomic E-state index is 0.0133. The molecule has 1 aliphatic heterocycles. The van der Waals surface area contributed by atoms with E-state index in [9.17, 15) is 9.59 Å². The van der Waals surface area contributed by atoms with Crippen molar-refractivity contribution in [2.24, 2.45) is 11.3 Å². The van der Waals surface area contributed by atoms with Gasteiger partial charge in [0.05, 0.1) is 11.6 Å². The summed E-state index contributed by atoms with van der Waals surface area (Å²) in [4.78, 5) is 25.5. The minimum Gasteiger partial charge on any atom is -0.481 e. The number of carboxylic acids is 1. The molecule has 2 aliphatic rings. The number of rotatable bonds is 3. The third-order valence-corrected chi connectivity index (χ3v) is 5.26. The fraction of sp³-hybridized carbons (Fsp3) is 0.438. The van der Waals surface area contributed by atoms with Gasteiger partial charge in [-0.3, -0.25) is 9.59 Å². The molecule has 1 N–H and O–H groups in total. The quantitative estimate of drug-likeness (QED) is 0.902. The van der Waals surface area contributed by atoms with Crippen LogP contribution in [0.4, 0.5) is 0 Å². The maximum atomic E-state index is 12.6. The molecule has 4 rings (SSSR count). The average Bonchev–Trinajstić information content (AvgIpc) is 3.05. The number of aromatic nitrogens is 4. The minimum atomic E-state index is -0.701. The number of amides is 1. The van der Waals surface area contributed by atoms with Gasteiger partial charge in [0, 0.05) is 18.7 Å². The van der Waals surface area contributed by atoms with Gasteiger partial charge in [0.15, 0.2) is 0 Å². The van der Waals surface area contributed by atoms with Crippen LogP contribution in [0.1, 0.15) is 29.6 Å². The molecule has 1 saturated heterocycles. The van der Waals surface area contributed by atoms with E-state index < -0.39 is 5.97 Å². The van der Waals surface area contributed by atoms with Crippen molar-refractivity contribution in [3.63, 3.8) is 0 Å². The van der Waals surface area contributed by atoms with Crippen LogP contribution < -0.4 is 0 Å². The highest BCUT2D eigenvalue weighted by atomic mass is 16.4. The number of hydrogen-bond acceptors (Lipinski definition) is 5. The van der Waals surface area contributed by atoms with Crippen LogP contribution in [-0.4, -0.2) is 55.2 Å². The van der Waals surface area contributed by atoms with Crippen molar-refractivity contribution in [3.8, 4) is 5.69 Å². The lowest BCUT2D eigenvalue weighted by Crippen LogP contribution is -2.40. The first-order valence-electron chi connectivity index (χ1n) is 7.95. The van der Waals surface area contributed by atoms with Gasteiger partial charge in [-0.15, -0.1) is 5.10 Å². The summed E-state index contributed by atoms with van der Waals surface area (Å²) >= 11 is 0. The number of piperidine rings is 1. The van der Waals surface area contributed by atoms with Crippen molar-refractivity contribution in [1.82, 2.24) is 25.1 Å². The smallest absolute Gasteiger partial charge is 0.307 e. The van der Waals surface area contributed by atoms with Crippen molar-refractivity contribution >= 4 is 11.9 Å². The Kier molecular flexibility index (Phi) is 3.33. The number of carbonyl (C=O) groups is 2. The Balaban J connectivity index is 1.41. The Labute approximate surface area is 138 Å². The van der Waals surface area contributed by atoms with Crippen LogP contribution in [0.3, 0.4) is 0 Å². The molecule has 24 heavy (non-hydrogen) atoms. The van der Waals surface area contributed by atoms with Crippen molar-refractivity contribution in [1.29, 1.82) is 0 Å². The molecule has 2 heterocycles. The van der Waals surface area contributed by atoms with Gasteiger partial charge in [-0.25, -0.2) is 4.68 Å². The summed E-state index contributed by atoms with van der Waals surface area (Å²) in [6.07, 6.45) is 3.80. The molecule has 0 radical (unpaired) electrons. The van der Waals surface area contributed by atoms with Gasteiger partial charge < -0.3 is 10.0 Å². The average molecular weight is 327 g/mol. The Morgan fingerprint density at radius 1 is 1.17 bits per heavy atom. The van der Waals surface area contributed by atoms with E-state index in [1.165, 1.54) is 11.0 Å². The van der Waals surface area contributed by atoms with Crippen molar-refractivity contribution < 1.29 is 14.7 Å². The fourth-order valence-corrected chi connectivity index (χ4v) is 3.62. The number of benzene rings is 1. The van der Waals surface area contributed by atoms with Crippen molar-refractivity contribution in [2.75, 3.05) is 13.1 Å². The first-order chi connectivity index (χ1) is 11.6. The molecule has 0 bridgehead atoms. The van der Waals surface area contributed by atoms with E-state index in [-0.39, 0.29) is 17.2 Å².